The average Bonchev–Trinajstić information content (AvgIpc) is 3.11. The lowest BCUT2D eigenvalue weighted by molar-refractivity contribution is 0.242. The van der Waals surface area contributed by atoms with E-state index in [9.17, 15) is 0 Å². The summed E-state index contributed by atoms with van der Waals surface area (Å²) in [7, 11) is 0. The first-order valence-electron chi connectivity index (χ1n) is 7.58. The minimum Gasteiger partial charge on any atom is -0.491 e. The van der Waals surface area contributed by atoms with E-state index in [-0.39, 0.29) is 6.10 Å². The summed E-state index contributed by atoms with van der Waals surface area (Å²) in [6, 6.07) is 11.8. The van der Waals surface area contributed by atoms with Crippen LogP contribution < -0.4 is 4.74 Å². The second kappa shape index (κ2) is 7.11. The standard InChI is InChI=1S/C17H18N4OS2/c1-11(2)22-14-6-4-5-13(9-14)16-19-20-17(23)21(16)18-10-15-8-7-12(3)24-15/h4-11H,1-3H3,(H,20,23). The van der Waals surface area contributed by atoms with Crippen LogP contribution in [0.4, 0.5) is 0 Å². The Balaban J connectivity index is 1.95. The Bertz CT molecular complexity index is 921. The highest BCUT2D eigenvalue weighted by Gasteiger charge is 2.10. The van der Waals surface area contributed by atoms with E-state index < -0.39 is 0 Å². The second-order valence-electron chi connectivity index (χ2n) is 5.55. The minimum atomic E-state index is 0.112. The van der Waals surface area contributed by atoms with Crippen molar-refractivity contribution >= 4 is 29.8 Å². The molecule has 0 amide bonds. The molecule has 0 aliphatic heterocycles. The number of nitrogens with one attached hydrogen (secondary N) is 1. The molecule has 3 aromatic rings. The third kappa shape index (κ3) is 3.80. The molecule has 2 aromatic heterocycles. The molecule has 1 aromatic carbocycles. The monoisotopic (exact) mass is 358 g/mol. The van der Waals surface area contributed by atoms with Crippen LogP contribution in [0, 0.1) is 11.7 Å². The van der Waals surface area contributed by atoms with E-state index in [1.807, 2.05) is 44.2 Å². The van der Waals surface area contributed by atoms with Crippen LogP contribution in [0.25, 0.3) is 11.4 Å². The molecule has 7 heteroatoms. The Morgan fingerprint density at radius 1 is 1.33 bits per heavy atom. The number of nitrogens with zero attached hydrogens (tertiary/aromatic N) is 3. The molecular weight excluding hydrogens is 340 g/mol. The number of benzene rings is 1. The molecule has 0 saturated carbocycles. The van der Waals surface area contributed by atoms with Crippen LogP contribution in [0.2, 0.25) is 0 Å². The van der Waals surface area contributed by atoms with Crippen molar-refractivity contribution in [2.75, 3.05) is 0 Å². The van der Waals surface area contributed by atoms with E-state index in [0.717, 1.165) is 16.2 Å². The molecule has 3 rings (SSSR count). The molecule has 0 saturated heterocycles. The Morgan fingerprint density at radius 3 is 2.88 bits per heavy atom. The highest BCUT2D eigenvalue weighted by atomic mass is 32.1. The van der Waals surface area contributed by atoms with Crippen molar-refractivity contribution in [3.63, 3.8) is 0 Å². The SMILES string of the molecule is Cc1ccc(C=Nn2c(-c3cccc(OC(C)C)c3)n[nH]c2=S)s1. The zero-order valence-corrected chi connectivity index (χ0v) is 15.3. The maximum Gasteiger partial charge on any atom is 0.216 e. The van der Waals surface area contributed by atoms with Gasteiger partial charge in [0.15, 0.2) is 5.82 Å². The molecule has 0 atom stereocenters. The van der Waals surface area contributed by atoms with Gasteiger partial charge in [0.05, 0.1) is 12.3 Å². The molecule has 0 unspecified atom stereocenters. The van der Waals surface area contributed by atoms with Crippen molar-refractivity contribution in [2.24, 2.45) is 5.10 Å². The van der Waals surface area contributed by atoms with Gasteiger partial charge in [0.25, 0.3) is 0 Å². The summed E-state index contributed by atoms with van der Waals surface area (Å²) in [6.45, 7) is 6.06. The van der Waals surface area contributed by atoms with Crippen molar-refractivity contribution in [3.05, 3.63) is 50.9 Å². The third-order valence-corrected chi connectivity index (χ3v) is 4.38. The van der Waals surface area contributed by atoms with Gasteiger partial charge in [0.1, 0.15) is 5.75 Å². The molecule has 0 bridgehead atoms. The van der Waals surface area contributed by atoms with E-state index in [2.05, 4.69) is 28.3 Å². The van der Waals surface area contributed by atoms with Gasteiger partial charge < -0.3 is 4.74 Å². The van der Waals surface area contributed by atoms with Gasteiger partial charge in [-0.15, -0.1) is 11.3 Å². The highest BCUT2D eigenvalue weighted by molar-refractivity contribution is 7.71. The van der Waals surface area contributed by atoms with Crippen LogP contribution in [0.1, 0.15) is 23.6 Å². The van der Waals surface area contributed by atoms with E-state index in [1.54, 1.807) is 22.2 Å². The van der Waals surface area contributed by atoms with Crippen LogP contribution in [-0.2, 0) is 0 Å². The van der Waals surface area contributed by atoms with Gasteiger partial charge in [-0.1, -0.05) is 12.1 Å². The summed E-state index contributed by atoms with van der Waals surface area (Å²) in [5.41, 5.74) is 0.889. The van der Waals surface area contributed by atoms with E-state index in [1.165, 1.54) is 4.88 Å². The predicted molar refractivity (Wildman–Crippen MR) is 101 cm³/mol. The molecule has 2 heterocycles. The number of H-pyrrole nitrogens is 1. The Labute approximate surface area is 149 Å². The quantitative estimate of drug-likeness (QED) is 0.534. The van der Waals surface area contributed by atoms with Gasteiger partial charge in [-0.05, 0) is 57.3 Å². The maximum absolute atomic E-state index is 5.75. The zero-order chi connectivity index (χ0) is 17.1. The van der Waals surface area contributed by atoms with E-state index in [0.29, 0.717) is 10.6 Å². The summed E-state index contributed by atoms with van der Waals surface area (Å²) in [6.07, 6.45) is 1.90. The maximum atomic E-state index is 5.75. The van der Waals surface area contributed by atoms with Crippen LogP contribution >= 0.6 is 23.6 Å². The van der Waals surface area contributed by atoms with Gasteiger partial charge >= 0.3 is 0 Å². The predicted octanol–water partition coefficient (Wildman–Crippen LogP) is 4.65. The number of aryl methyl sites for hydroxylation is 1. The molecular formula is C17H18N4OS2. The highest BCUT2D eigenvalue weighted by Crippen LogP contribution is 2.23. The van der Waals surface area contributed by atoms with Gasteiger partial charge in [0.2, 0.25) is 4.77 Å². The molecule has 5 nitrogen and oxygen atoms in total. The lowest BCUT2D eigenvalue weighted by atomic mass is 10.2. The van der Waals surface area contributed by atoms with Gasteiger partial charge in [-0.3, -0.25) is 0 Å². The van der Waals surface area contributed by atoms with Crippen LogP contribution in [0.3, 0.4) is 0 Å². The van der Waals surface area contributed by atoms with Gasteiger partial charge in [-0.2, -0.15) is 14.9 Å². The fourth-order valence-corrected chi connectivity index (χ4v) is 3.13. The number of hydrogen-bond acceptors (Lipinski definition) is 5. The first-order chi connectivity index (χ1) is 11.5. The topological polar surface area (TPSA) is 55.2 Å². The Morgan fingerprint density at radius 2 is 2.17 bits per heavy atom. The van der Waals surface area contributed by atoms with Crippen molar-refractivity contribution in [1.82, 2.24) is 14.9 Å². The largest absolute Gasteiger partial charge is 0.491 e. The minimum absolute atomic E-state index is 0.112. The first-order valence-corrected chi connectivity index (χ1v) is 8.80. The lowest BCUT2D eigenvalue weighted by Crippen LogP contribution is -2.05. The molecule has 0 aliphatic carbocycles. The fraction of sp³-hybridized carbons (Fsp3) is 0.235. The number of rotatable bonds is 5. The summed E-state index contributed by atoms with van der Waals surface area (Å²) >= 11 is 6.98. The first kappa shape index (κ1) is 16.6. The molecule has 0 radical (unpaired) electrons. The van der Waals surface area contributed by atoms with Gasteiger partial charge in [-0.25, -0.2) is 5.10 Å². The van der Waals surface area contributed by atoms with Crippen molar-refractivity contribution < 1.29 is 4.74 Å². The molecule has 24 heavy (non-hydrogen) atoms. The fourth-order valence-electron chi connectivity index (χ4n) is 2.20. The smallest absolute Gasteiger partial charge is 0.216 e. The van der Waals surface area contributed by atoms with Crippen LogP contribution in [0.15, 0.2) is 41.5 Å². The van der Waals surface area contributed by atoms with E-state index in [4.69, 9.17) is 17.0 Å². The number of aromatic amines is 1. The van der Waals surface area contributed by atoms with Crippen LogP contribution in [0.5, 0.6) is 5.75 Å². The second-order valence-corrected chi connectivity index (χ2v) is 7.26. The molecule has 0 spiro atoms. The Kier molecular flexibility index (Phi) is 4.92. The van der Waals surface area contributed by atoms with Crippen molar-refractivity contribution in [1.29, 1.82) is 0 Å². The lowest BCUT2D eigenvalue weighted by Gasteiger charge is -2.10. The number of thiophene rings is 1. The third-order valence-electron chi connectivity index (χ3n) is 3.18. The molecule has 0 aliphatic rings. The Hall–Kier alpha value is -2.25. The summed E-state index contributed by atoms with van der Waals surface area (Å²) in [5.74, 6) is 1.44. The van der Waals surface area contributed by atoms with Crippen molar-refractivity contribution in [2.45, 2.75) is 26.9 Å². The molecule has 124 valence electrons. The van der Waals surface area contributed by atoms with E-state index >= 15 is 0 Å². The average molecular weight is 358 g/mol. The summed E-state index contributed by atoms with van der Waals surface area (Å²) < 4.78 is 7.82. The number of ether oxygens (including phenoxy) is 1. The molecule has 0 fully saturated rings. The molecule has 1 N–H and O–H groups in total. The van der Waals surface area contributed by atoms with Crippen LogP contribution in [-0.4, -0.2) is 27.2 Å². The van der Waals surface area contributed by atoms with Gasteiger partial charge in [0, 0.05) is 15.3 Å². The summed E-state index contributed by atoms with van der Waals surface area (Å²) in [4.78, 5) is 2.31. The summed E-state index contributed by atoms with van der Waals surface area (Å²) in [5, 5.41) is 11.6. The zero-order valence-electron chi connectivity index (χ0n) is 13.7. The van der Waals surface area contributed by atoms with Crippen molar-refractivity contribution in [3.8, 4) is 17.1 Å². The normalized spacial score (nSPS) is 11.5. The number of hydrogen-bond donors (Lipinski definition) is 1. The number of aromatic nitrogens is 3.